The van der Waals surface area contributed by atoms with Gasteiger partial charge in [0.1, 0.15) is 12.4 Å². The molecule has 1 aliphatic carbocycles. The van der Waals surface area contributed by atoms with Gasteiger partial charge in [-0.3, -0.25) is 0 Å². The van der Waals surface area contributed by atoms with Crippen LogP contribution < -0.4 is 10.1 Å². The van der Waals surface area contributed by atoms with Crippen LogP contribution in [0.4, 0.5) is 0 Å². The Kier molecular flexibility index (Phi) is 7.66. The lowest BCUT2D eigenvalue weighted by Gasteiger charge is -2.16. The van der Waals surface area contributed by atoms with Crippen LogP contribution in [0.2, 0.25) is 0 Å². The minimum atomic E-state index is 0.715. The van der Waals surface area contributed by atoms with E-state index in [0.717, 1.165) is 18.9 Å². The van der Waals surface area contributed by atoms with Gasteiger partial charge in [-0.05, 0) is 43.4 Å². The van der Waals surface area contributed by atoms with Gasteiger partial charge in [-0.1, -0.05) is 51.2 Å². The molecule has 2 rings (SSSR count). The molecule has 2 heteroatoms. The van der Waals surface area contributed by atoms with Gasteiger partial charge in [-0.15, -0.1) is 0 Å². The van der Waals surface area contributed by atoms with Gasteiger partial charge in [-0.2, -0.15) is 0 Å². The molecule has 0 heterocycles. The smallest absolute Gasteiger partial charge is 0.119 e. The summed E-state index contributed by atoms with van der Waals surface area (Å²) in [6.07, 6.45) is 12.0. The van der Waals surface area contributed by atoms with E-state index in [-0.39, 0.29) is 0 Å². The molecule has 118 valence electrons. The topological polar surface area (TPSA) is 21.3 Å². The zero-order valence-corrected chi connectivity index (χ0v) is 13.6. The lowest BCUT2D eigenvalue weighted by molar-refractivity contribution is 0.300. The van der Waals surface area contributed by atoms with Gasteiger partial charge < -0.3 is 10.1 Å². The number of hydrogen-bond donors (Lipinski definition) is 1. The zero-order valence-electron chi connectivity index (χ0n) is 13.6. The van der Waals surface area contributed by atoms with Crippen LogP contribution in [0.1, 0.15) is 63.9 Å². The molecule has 1 fully saturated rings. The molecule has 1 aliphatic rings. The number of unbranched alkanes of at least 4 members (excludes halogenated alkanes) is 1. The van der Waals surface area contributed by atoms with Gasteiger partial charge in [-0.25, -0.2) is 0 Å². The van der Waals surface area contributed by atoms with E-state index >= 15 is 0 Å². The summed E-state index contributed by atoms with van der Waals surface area (Å²) in [5.41, 5.74) is 1.42. The van der Waals surface area contributed by atoms with E-state index in [1.54, 1.807) is 0 Å². The Balaban J connectivity index is 1.61. The number of nitrogens with one attached hydrogen (secondary N) is 1. The highest BCUT2D eigenvalue weighted by Gasteiger charge is 2.10. The average molecular weight is 289 g/mol. The molecule has 0 unspecified atom stereocenters. The summed E-state index contributed by atoms with van der Waals surface area (Å²) in [6, 6.07) is 9.33. The zero-order chi connectivity index (χ0) is 14.8. The monoisotopic (exact) mass is 289 g/mol. The molecule has 1 N–H and O–H groups in total. The summed E-state index contributed by atoms with van der Waals surface area (Å²) < 4.78 is 5.83. The predicted molar refractivity (Wildman–Crippen MR) is 90.0 cm³/mol. The first kappa shape index (κ1) is 16.4. The molecule has 21 heavy (non-hydrogen) atoms. The fourth-order valence-corrected chi connectivity index (χ4v) is 3.05. The van der Waals surface area contributed by atoms with Gasteiger partial charge in [0, 0.05) is 12.6 Å². The lowest BCUT2D eigenvalue weighted by Crippen LogP contribution is -2.32. The molecule has 0 aliphatic heterocycles. The van der Waals surface area contributed by atoms with Gasteiger partial charge in [0.25, 0.3) is 0 Å². The standard InChI is InChI=1S/C19H31NO/c1-2-3-8-17-11-13-19(14-12-17)21-16-15-20-18-9-6-4-5-7-10-18/h11-14,18,20H,2-10,15-16H2,1H3. The third-order valence-corrected chi connectivity index (χ3v) is 4.40. The third kappa shape index (κ3) is 6.52. The quantitative estimate of drug-likeness (QED) is 0.552. The predicted octanol–water partition coefficient (Wildman–Crippen LogP) is 4.72. The Morgan fingerprint density at radius 2 is 1.76 bits per heavy atom. The Morgan fingerprint density at radius 1 is 1.05 bits per heavy atom. The Labute approximate surface area is 130 Å². The Morgan fingerprint density at radius 3 is 2.43 bits per heavy atom. The fourth-order valence-electron chi connectivity index (χ4n) is 3.05. The van der Waals surface area contributed by atoms with Crippen LogP contribution in [-0.4, -0.2) is 19.2 Å². The van der Waals surface area contributed by atoms with Crippen molar-refractivity contribution in [3.8, 4) is 5.75 Å². The molecule has 0 radical (unpaired) electrons. The lowest BCUT2D eigenvalue weighted by atomic mass is 10.1. The highest BCUT2D eigenvalue weighted by Crippen LogP contribution is 2.17. The first-order chi connectivity index (χ1) is 10.4. The van der Waals surface area contributed by atoms with Crippen molar-refractivity contribution in [3.63, 3.8) is 0 Å². The first-order valence-electron chi connectivity index (χ1n) is 8.83. The molecule has 0 amide bonds. The van der Waals surface area contributed by atoms with Crippen LogP contribution in [0, 0.1) is 0 Å². The molecule has 1 saturated carbocycles. The van der Waals surface area contributed by atoms with Crippen molar-refractivity contribution in [2.75, 3.05) is 13.2 Å². The average Bonchev–Trinajstić information content (AvgIpc) is 2.79. The molecule has 1 aromatic rings. The van der Waals surface area contributed by atoms with E-state index in [1.165, 1.54) is 63.4 Å². The van der Waals surface area contributed by atoms with Crippen LogP contribution in [0.25, 0.3) is 0 Å². The molecule has 0 saturated heterocycles. The molecular weight excluding hydrogens is 258 g/mol. The molecule has 0 atom stereocenters. The van der Waals surface area contributed by atoms with E-state index in [0.29, 0.717) is 6.04 Å². The van der Waals surface area contributed by atoms with Gasteiger partial charge in [0.2, 0.25) is 0 Å². The fraction of sp³-hybridized carbons (Fsp3) is 0.684. The highest BCUT2D eigenvalue weighted by atomic mass is 16.5. The van der Waals surface area contributed by atoms with Crippen LogP contribution in [0.15, 0.2) is 24.3 Å². The van der Waals surface area contributed by atoms with E-state index in [1.807, 2.05) is 0 Å². The van der Waals surface area contributed by atoms with Crippen LogP contribution in [0.3, 0.4) is 0 Å². The van der Waals surface area contributed by atoms with E-state index in [2.05, 4.69) is 36.5 Å². The Hall–Kier alpha value is -1.02. The van der Waals surface area contributed by atoms with Crippen molar-refractivity contribution in [1.82, 2.24) is 5.32 Å². The van der Waals surface area contributed by atoms with Crippen LogP contribution in [0.5, 0.6) is 5.75 Å². The van der Waals surface area contributed by atoms with Crippen molar-refractivity contribution >= 4 is 0 Å². The normalized spacial score (nSPS) is 16.6. The van der Waals surface area contributed by atoms with Crippen LogP contribution >= 0.6 is 0 Å². The molecule has 2 nitrogen and oxygen atoms in total. The van der Waals surface area contributed by atoms with Gasteiger partial charge >= 0.3 is 0 Å². The van der Waals surface area contributed by atoms with E-state index in [9.17, 15) is 0 Å². The van der Waals surface area contributed by atoms with Gasteiger partial charge in [0.15, 0.2) is 0 Å². The molecule has 0 aromatic heterocycles. The minimum Gasteiger partial charge on any atom is -0.492 e. The molecule has 0 spiro atoms. The number of ether oxygens (including phenoxy) is 1. The minimum absolute atomic E-state index is 0.715. The molecule has 1 aromatic carbocycles. The summed E-state index contributed by atoms with van der Waals surface area (Å²) in [5, 5.41) is 3.65. The van der Waals surface area contributed by atoms with Crippen molar-refractivity contribution in [1.29, 1.82) is 0 Å². The molecular formula is C19H31NO. The first-order valence-corrected chi connectivity index (χ1v) is 8.83. The molecule has 0 bridgehead atoms. The van der Waals surface area contributed by atoms with Gasteiger partial charge in [0.05, 0.1) is 0 Å². The summed E-state index contributed by atoms with van der Waals surface area (Å²) in [5.74, 6) is 0.998. The second-order valence-electron chi connectivity index (χ2n) is 6.24. The SMILES string of the molecule is CCCCc1ccc(OCCNC2CCCCCC2)cc1. The van der Waals surface area contributed by atoms with Crippen molar-refractivity contribution in [2.45, 2.75) is 70.8 Å². The largest absolute Gasteiger partial charge is 0.492 e. The maximum atomic E-state index is 5.83. The number of rotatable bonds is 8. The van der Waals surface area contributed by atoms with E-state index < -0.39 is 0 Å². The maximum absolute atomic E-state index is 5.83. The maximum Gasteiger partial charge on any atom is 0.119 e. The second-order valence-corrected chi connectivity index (χ2v) is 6.24. The highest BCUT2D eigenvalue weighted by molar-refractivity contribution is 5.27. The Bertz CT molecular complexity index is 366. The second kappa shape index (κ2) is 9.83. The number of benzene rings is 1. The van der Waals surface area contributed by atoms with Crippen LogP contribution in [-0.2, 0) is 6.42 Å². The summed E-state index contributed by atoms with van der Waals surface area (Å²) >= 11 is 0. The van der Waals surface area contributed by atoms with E-state index in [4.69, 9.17) is 4.74 Å². The summed E-state index contributed by atoms with van der Waals surface area (Å²) in [7, 11) is 0. The van der Waals surface area contributed by atoms with Crippen molar-refractivity contribution in [3.05, 3.63) is 29.8 Å². The number of aryl methyl sites for hydroxylation is 1. The van der Waals surface area contributed by atoms with Crippen molar-refractivity contribution in [2.24, 2.45) is 0 Å². The summed E-state index contributed by atoms with van der Waals surface area (Å²) in [6.45, 7) is 3.96. The third-order valence-electron chi connectivity index (χ3n) is 4.40. The van der Waals surface area contributed by atoms with Crippen molar-refractivity contribution < 1.29 is 4.74 Å². The number of hydrogen-bond acceptors (Lipinski definition) is 2. The summed E-state index contributed by atoms with van der Waals surface area (Å²) in [4.78, 5) is 0.